The highest BCUT2D eigenvalue weighted by Gasteiger charge is 2.11. The van der Waals surface area contributed by atoms with Crippen molar-refractivity contribution in [3.63, 3.8) is 0 Å². The second-order valence-electron chi connectivity index (χ2n) is 3.70. The summed E-state index contributed by atoms with van der Waals surface area (Å²) < 4.78 is 4.82. The van der Waals surface area contributed by atoms with E-state index in [4.69, 9.17) is 15.5 Å². The van der Waals surface area contributed by atoms with Gasteiger partial charge in [0.2, 0.25) is 5.88 Å². The first-order valence-electron chi connectivity index (χ1n) is 4.85. The van der Waals surface area contributed by atoms with Crippen molar-refractivity contribution in [1.82, 2.24) is 5.16 Å². The van der Waals surface area contributed by atoms with Crippen molar-refractivity contribution in [1.29, 1.82) is 5.26 Å². The van der Waals surface area contributed by atoms with Gasteiger partial charge in [-0.2, -0.15) is 5.26 Å². The summed E-state index contributed by atoms with van der Waals surface area (Å²) in [6, 6.07) is 5.92. The van der Waals surface area contributed by atoms with E-state index in [1.165, 1.54) is 0 Å². The fraction of sp³-hybridized carbons (Fsp3) is 0.167. The van der Waals surface area contributed by atoms with E-state index in [0.717, 1.165) is 22.3 Å². The van der Waals surface area contributed by atoms with Crippen LogP contribution >= 0.6 is 0 Å². The van der Waals surface area contributed by atoms with Crippen molar-refractivity contribution in [3.05, 3.63) is 35.0 Å². The fourth-order valence-corrected chi connectivity index (χ4v) is 1.71. The van der Waals surface area contributed by atoms with Gasteiger partial charge in [0.25, 0.3) is 0 Å². The van der Waals surface area contributed by atoms with Gasteiger partial charge in [0.1, 0.15) is 0 Å². The molecule has 1 aromatic heterocycles. The third kappa shape index (κ3) is 1.52. The predicted molar refractivity (Wildman–Crippen MR) is 60.5 cm³/mol. The summed E-state index contributed by atoms with van der Waals surface area (Å²) in [6.07, 6.45) is 1.56. The second-order valence-corrected chi connectivity index (χ2v) is 3.70. The van der Waals surface area contributed by atoms with Crippen molar-refractivity contribution in [2.45, 2.75) is 13.8 Å². The summed E-state index contributed by atoms with van der Waals surface area (Å²) in [5.41, 5.74) is 9.92. The molecule has 0 atom stereocenters. The number of anilines is 1. The summed E-state index contributed by atoms with van der Waals surface area (Å²) >= 11 is 0. The number of aryl methyl sites for hydroxylation is 2. The van der Waals surface area contributed by atoms with Crippen LogP contribution in [0.4, 0.5) is 5.88 Å². The minimum Gasteiger partial charge on any atom is -0.367 e. The molecule has 1 aromatic carbocycles. The minimum absolute atomic E-state index is 0.274. The molecule has 0 spiro atoms. The van der Waals surface area contributed by atoms with Crippen molar-refractivity contribution in [2.24, 2.45) is 0 Å². The topological polar surface area (TPSA) is 75.8 Å². The van der Waals surface area contributed by atoms with Crippen LogP contribution in [0.25, 0.3) is 11.1 Å². The molecule has 16 heavy (non-hydrogen) atoms. The molecule has 0 aliphatic carbocycles. The van der Waals surface area contributed by atoms with Crippen molar-refractivity contribution in [2.75, 3.05) is 5.73 Å². The molecule has 0 aliphatic heterocycles. The highest BCUT2D eigenvalue weighted by atomic mass is 16.5. The summed E-state index contributed by atoms with van der Waals surface area (Å²) in [5.74, 6) is 0.274. The zero-order valence-electron chi connectivity index (χ0n) is 9.11. The smallest absolute Gasteiger partial charge is 0.229 e. The largest absolute Gasteiger partial charge is 0.367 e. The van der Waals surface area contributed by atoms with Crippen LogP contribution in [0, 0.1) is 25.2 Å². The molecule has 80 valence electrons. The van der Waals surface area contributed by atoms with Crippen LogP contribution in [0.2, 0.25) is 0 Å². The van der Waals surface area contributed by atoms with Crippen LogP contribution in [0.3, 0.4) is 0 Å². The lowest BCUT2D eigenvalue weighted by Crippen LogP contribution is -1.91. The van der Waals surface area contributed by atoms with Gasteiger partial charge in [-0.25, -0.2) is 0 Å². The number of nitriles is 1. The number of benzene rings is 1. The van der Waals surface area contributed by atoms with Gasteiger partial charge in [0, 0.05) is 0 Å². The van der Waals surface area contributed by atoms with E-state index in [9.17, 15) is 0 Å². The summed E-state index contributed by atoms with van der Waals surface area (Å²) in [6.45, 7) is 3.88. The van der Waals surface area contributed by atoms with Gasteiger partial charge in [0.15, 0.2) is 0 Å². The number of rotatable bonds is 1. The monoisotopic (exact) mass is 213 g/mol. The summed E-state index contributed by atoms with van der Waals surface area (Å²) in [7, 11) is 0. The molecule has 0 fully saturated rings. The van der Waals surface area contributed by atoms with E-state index in [1.54, 1.807) is 6.20 Å². The first-order chi connectivity index (χ1) is 7.63. The maximum absolute atomic E-state index is 8.98. The van der Waals surface area contributed by atoms with E-state index in [2.05, 4.69) is 11.2 Å². The minimum atomic E-state index is 0.274. The van der Waals surface area contributed by atoms with Crippen molar-refractivity contribution in [3.8, 4) is 17.2 Å². The molecule has 0 saturated heterocycles. The quantitative estimate of drug-likeness (QED) is 0.789. The normalized spacial score (nSPS) is 10.1. The highest BCUT2D eigenvalue weighted by Crippen LogP contribution is 2.30. The van der Waals surface area contributed by atoms with Crippen LogP contribution in [-0.4, -0.2) is 5.16 Å². The van der Waals surface area contributed by atoms with E-state index in [-0.39, 0.29) is 5.88 Å². The third-order valence-electron chi connectivity index (χ3n) is 2.58. The first-order valence-corrected chi connectivity index (χ1v) is 4.85. The van der Waals surface area contributed by atoms with Crippen LogP contribution < -0.4 is 5.73 Å². The lowest BCUT2D eigenvalue weighted by Gasteiger charge is -2.06. The predicted octanol–water partition coefficient (Wildman–Crippen LogP) is 2.41. The van der Waals surface area contributed by atoms with Crippen LogP contribution in [0.15, 0.2) is 22.9 Å². The molecule has 0 saturated carbocycles. The molecule has 2 N–H and O–H groups in total. The average Bonchev–Trinajstić information content (AvgIpc) is 2.65. The van der Waals surface area contributed by atoms with Gasteiger partial charge >= 0.3 is 0 Å². The highest BCUT2D eigenvalue weighted by molar-refractivity contribution is 5.76. The molecule has 4 nitrogen and oxygen atoms in total. The Morgan fingerprint density at radius 3 is 2.56 bits per heavy atom. The number of nitrogens with two attached hydrogens (primary N) is 1. The Bertz CT molecular complexity index is 578. The van der Waals surface area contributed by atoms with Crippen LogP contribution in [0.1, 0.15) is 16.7 Å². The number of nitrogen functional groups attached to an aromatic ring is 1. The lowest BCUT2D eigenvalue weighted by atomic mass is 9.97. The van der Waals surface area contributed by atoms with Crippen molar-refractivity contribution < 1.29 is 4.52 Å². The number of hydrogen-bond donors (Lipinski definition) is 1. The first kappa shape index (κ1) is 10.2. The Kier molecular flexibility index (Phi) is 2.37. The van der Waals surface area contributed by atoms with E-state index in [1.807, 2.05) is 26.0 Å². The third-order valence-corrected chi connectivity index (χ3v) is 2.58. The Morgan fingerprint density at radius 1 is 1.25 bits per heavy atom. The Labute approximate surface area is 93.3 Å². The number of aromatic nitrogens is 1. The molecule has 0 amide bonds. The molecule has 2 rings (SSSR count). The molecular formula is C12H11N3O. The molecule has 0 aliphatic rings. The zero-order valence-corrected chi connectivity index (χ0v) is 9.11. The van der Waals surface area contributed by atoms with Gasteiger partial charge in [-0.15, -0.1) is 0 Å². The lowest BCUT2D eigenvalue weighted by molar-refractivity contribution is 0.436. The molecular weight excluding hydrogens is 202 g/mol. The molecule has 1 heterocycles. The molecule has 4 heteroatoms. The number of hydrogen-bond acceptors (Lipinski definition) is 4. The van der Waals surface area contributed by atoms with E-state index >= 15 is 0 Å². The van der Waals surface area contributed by atoms with Gasteiger partial charge in [-0.3, -0.25) is 0 Å². The Hall–Kier alpha value is -2.28. The molecule has 0 unspecified atom stereocenters. The maximum atomic E-state index is 8.98. The standard InChI is InChI=1S/C12H11N3O/c1-7-3-8(2)10(4-9(7)5-13)11-6-15-16-12(11)14/h3-4,6H,14H2,1-2H3. The fourth-order valence-electron chi connectivity index (χ4n) is 1.71. The SMILES string of the molecule is Cc1cc(C)c(-c2cnoc2N)cc1C#N. The van der Waals surface area contributed by atoms with Gasteiger partial charge < -0.3 is 10.3 Å². The Balaban J connectivity index is 2.67. The van der Waals surface area contributed by atoms with Gasteiger partial charge in [-0.1, -0.05) is 11.2 Å². The summed E-state index contributed by atoms with van der Waals surface area (Å²) in [4.78, 5) is 0. The zero-order chi connectivity index (χ0) is 11.7. The van der Waals surface area contributed by atoms with Crippen LogP contribution in [-0.2, 0) is 0 Å². The van der Waals surface area contributed by atoms with Crippen molar-refractivity contribution >= 4 is 5.88 Å². The van der Waals surface area contributed by atoms with Crippen LogP contribution in [0.5, 0.6) is 0 Å². The maximum Gasteiger partial charge on any atom is 0.229 e. The second kappa shape index (κ2) is 3.70. The summed E-state index contributed by atoms with van der Waals surface area (Å²) in [5, 5.41) is 12.6. The molecule has 0 bridgehead atoms. The van der Waals surface area contributed by atoms with E-state index in [0.29, 0.717) is 5.56 Å². The molecule has 0 radical (unpaired) electrons. The van der Waals surface area contributed by atoms with E-state index < -0.39 is 0 Å². The van der Waals surface area contributed by atoms with Gasteiger partial charge in [-0.05, 0) is 36.6 Å². The average molecular weight is 213 g/mol. The number of nitrogens with zero attached hydrogens (tertiary/aromatic N) is 2. The Morgan fingerprint density at radius 2 is 2.00 bits per heavy atom. The molecule has 2 aromatic rings. The van der Waals surface area contributed by atoms with Gasteiger partial charge in [0.05, 0.1) is 23.4 Å².